The minimum absolute atomic E-state index is 0.174. The summed E-state index contributed by atoms with van der Waals surface area (Å²) < 4.78 is 30.9. The molecule has 0 aliphatic rings. The SMILES string of the molecule is CC(NC(=O)OC(C)(C)C)C(O)c1ccc(F)c(F)c1. The van der Waals surface area contributed by atoms with E-state index in [4.69, 9.17) is 4.74 Å². The van der Waals surface area contributed by atoms with Crippen LogP contribution < -0.4 is 5.32 Å². The van der Waals surface area contributed by atoms with Gasteiger partial charge in [0, 0.05) is 0 Å². The number of halogens is 2. The van der Waals surface area contributed by atoms with Gasteiger partial charge in [-0.25, -0.2) is 13.6 Å². The van der Waals surface area contributed by atoms with Crippen molar-refractivity contribution in [1.82, 2.24) is 5.32 Å². The van der Waals surface area contributed by atoms with Gasteiger partial charge in [0.2, 0.25) is 0 Å². The molecule has 0 fully saturated rings. The first kappa shape index (κ1) is 16.4. The van der Waals surface area contributed by atoms with Gasteiger partial charge in [-0.3, -0.25) is 0 Å². The molecule has 1 aromatic carbocycles. The Morgan fingerprint density at radius 2 is 1.90 bits per heavy atom. The van der Waals surface area contributed by atoms with Crippen molar-refractivity contribution >= 4 is 6.09 Å². The molecule has 0 bridgehead atoms. The molecule has 2 unspecified atom stereocenters. The van der Waals surface area contributed by atoms with Crippen LogP contribution >= 0.6 is 0 Å². The Balaban J connectivity index is 2.69. The summed E-state index contributed by atoms with van der Waals surface area (Å²) in [7, 11) is 0. The van der Waals surface area contributed by atoms with Crippen LogP contribution in [0.5, 0.6) is 0 Å². The number of ether oxygens (including phenoxy) is 1. The number of hydrogen-bond acceptors (Lipinski definition) is 3. The number of nitrogens with one attached hydrogen (secondary N) is 1. The molecule has 2 atom stereocenters. The molecule has 1 amide bonds. The van der Waals surface area contributed by atoms with Crippen LogP contribution in [0.1, 0.15) is 39.4 Å². The van der Waals surface area contributed by atoms with Crippen LogP contribution in [0.3, 0.4) is 0 Å². The second-order valence-electron chi connectivity index (χ2n) is 5.55. The monoisotopic (exact) mass is 287 g/mol. The molecule has 0 aliphatic heterocycles. The van der Waals surface area contributed by atoms with Crippen molar-refractivity contribution in [2.24, 2.45) is 0 Å². The van der Waals surface area contributed by atoms with Gasteiger partial charge in [-0.15, -0.1) is 0 Å². The molecule has 1 aromatic rings. The zero-order chi connectivity index (χ0) is 15.5. The van der Waals surface area contributed by atoms with Crippen LogP contribution in [0, 0.1) is 11.6 Å². The first-order valence-corrected chi connectivity index (χ1v) is 6.22. The van der Waals surface area contributed by atoms with Crippen LogP contribution in [-0.2, 0) is 4.74 Å². The van der Waals surface area contributed by atoms with Gasteiger partial charge in [-0.2, -0.15) is 0 Å². The molecule has 0 radical (unpaired) electrons. The third-order valence-corrected chi connectivity index (χ3v) is 2.50. The Kier molecular flexibility index (Phi) is 5.05. The van der Waals surface area contributed by atoms with Gasteiger partial charge < -0.3 is 15.2 Å². The average Bonchev–Trinajstić information content (AvgIpc) is 2.29. The molecule has 0 aliphatic carbocycles. The average molecular weight is 287 g/mol. The molecule has 0 saturated heterocycles. The van der Waals surface area contributed by atoms with Crippen molar-refractivity contribution in [1.29, 1.82) is 0 Å². The Hall–Kier alpha value is -1.69. The number of carbonyl (C=O) groups excluding carboxylic acids is 1. The highest BCUT2D eigenvalue weighted by Crippen LogP contribution is 2.19. The summed E-state index contributed by atoms with van der Waals surface area (Å²) in [5, 5.41) is 12.4. The molecule has 1 rings (SSSR count). The molecule has 0 aromatic heterocycles. The second-order valence-corrected chi connectivity index (χ2v) is 5.55. The van der Waals surface area contributed by atoms with E-state index in [-0.39, 0.29) is 5.56 Å². The first-order valence-electron chi connectivity index (χ1n) is 6.22. The largest absolute Gasteiger partial charge is 0.444 e. The maximum Gasteiger partial charge on any atom is 0.407 e. The minimum atomic E-state index is -1.17. The summed E-state index contributed by atoms with van der Waals surface area (Å²) in [5.41, 5.74) is -0.482. The third kappa shape index (κ3) is 4.77. The van der Waals surface area contributed by atoms with Crippen LogP contribution in [0.2, 0.25) is 0 Å². The maximum absolute atomic E-state index is 13.1. The van der Waals surface area contributed by atoms with Crippen LogP contribution in [-0.4, -0.2) is 22.8 Å². The standard InChI is InChI=1S/C14H19F2NO3/c1-8(17-13(19)20-14(2,3)4)12(18)9-5-6-10(15)11(16)7-9/h5-8,12,18H,1-4H3,(H,17,19). The summed E-state index contributed by atoms with van der Waals surface area (Å²) in [6.45, 7) is 6.67. The Morgan fingerprint density at radius 3 is 2.40 bits per heavy atom. The van der Waals surface area contributed by atoms with Crippen LogP contribution in [0.4, 0.5) is 13.6 Å². The van der Waals surface area contributed by atoms with Crippen LogP contribution in [0.25, 0.3) is 0 Å². The zero-order valence-corrected chi connectivity index (χ0v) is 11.9. The fourth-order valence-electron chi connectivity index (χ4n) is 1.56. The molecule has 20 heavy (non-hydrogen) atoms. The lowest BCUT2D eigenvalue weighted by Crippen LogP contribution is -2.40. The van der Waals surface area contributed by atoms with E-state index in [2.05, 4.69) is 5.32 Å². The first-order chi connectivity index (χ1) is 9.10. The number of carbonyl (C=O) groups is 1. The molecule has 0 heterocycles. The van der Waals surface area contributed by atoms with Gasteiger partial charge in [-0.1, -0.05) is 6.07 Å². The van der Waals surface area contributed by atoms with E-state index in [9.17, 15) is 18.7 Å². The molecular weight excluding hydrogens is 268 g/mol. The third-order valence-electron chi connectivity index (χ3n) is 2.50. The van der Waals surface area contributed by atoms with Crippen molar-refractivity contribution in [2.45, 2.75) is 45.4 Å². The van der Waals surface area contributed by atoms with E-state index in [1.54, 1.807) is 20.8 Å². The van der Waals surface area contributed by atoms with E-state index in [0.717, 1.165) is 12.1 Å². The molecule has 4 nitrogen and oxygen atoms in total. The zero-order valence-electron chi connectivity index (χ0n) is 11.9. The smallest absolute Gasteiger partial charge is 0.407 e. The number of aliphatic hydroxyl groups excluding tert-OH is 1. The summed E-state index contributed by atoms with van der Waals surface area (Å²) in [4.78, 5) is 11.5. The number of aliphatic hydroxyl groups is 1. The summed E-state index contributed by atoms with van der Waals surface area (Å²) in [5.74, 6) is -2.04. The number of alkyl carbamates (subject to hydrolysis) is 1. The van der Waals surface area contributed by atoms with Crippen molar-refractivity contribution in [3.05, 3.63) is 35.4 Å². The Labute approximate surface area is 116 Å². The van der Waals surface area contributed by atoms with Gasteiger partial charge in [0.15, 0.2) is 11.6 Å². The van der Waals surface area contributed by atoms with Crippen LogP contribution in [0.15, 0.2) is 18.2 Å². The fraction of sp³-hybridized carbons (Fsp3) is 0.500. The molecule has 112 valence electrons. The number of amides is 1. The summed E-state index contributed by atoms with van der Waals surface area (Å²) in [6, 6.07) is 2.37. The number of rotatable bonds is 3. The topological polar surface area (TPSA) is 58.6 Å². The highest BCUT2D eigenvalue weighted by Gasteiger charge is 2.23. The van der Waals surface area contributed by atoms with Gasteiger partial charge in [-0.05, 0) is 45.4 Å². The maximum atomic E-state index is 13.1. The van der Waals surface area contributed by atoms with Crippen molar-refractivity contribution in [3.63, 3.8) is 0 Å². The van der Waals surface area contributed by atoms with E-state index in [0.29, 0.717) is 0 Å². The van der Waals surface area contributed by atoms with Gasteiger partial charge >= 0.3 is 6.09 Å². The Morgan fingerprint density at radius 1 is 1.30 bits per heavy atom. The molecular formula is C14H19F2NO3. The Bertz CT molecular complexity index is 486. The predicted molar refractivity (Wildman–Crippen MR) is 70.1 cm³/mol. The molecule has 0 spiro atoms. The van der Waals surface area contributed by atoms with Gasteiger partial charge in [0.25, 0.3) is 0 Å². The summed E-state index contributed by atoms with van der Waals surface area (Å²) >= 11 is 0. The summed E-state index contributed by atoms with van der Waals surface area (Å²) in [6.07, 6.45) is -1.86. The number of hydrogen-bond donors (Lipinski definition) is 2. The fourth-order valence-corrected chi connectivity index (χ4v) is 1.56. The highest BCUT2D eigenvalue weighted by molar-refractivity contribution is 5.68. The van der Waals surface area contributed by atoms with E-state index < -0.39 is 35.5 Å². The highest BCUT2D eigenvalue weighted by atomic mass is 19.2. The lowest BCUT2D eigenvalue weighted by Gasteiger charge is -2.24. The molecule has 6 heteroatoms. The van der Waals surface area contributed by atoms with Crippen molar-refractivity contribution < 1.29 is 23.4 Å². The molecule has 0 saturated carbocycles. The predicted octanol–water partition coefficient (Wildman–Crippen LogP) is 2.91. The minimum Gasteiger partial charge on any atom is -0.444 e. The number of benzene rings is 1. The van der Waals surface area contributed by atoms with Gasteiger partial charge in [0.1, 0.15) is 5.60 Å². The van der Waals surface area contributed by atoms with Crippen molar-refractivity contribution in [3.8, 4) is 0 Å². The van der Waals surface area contributed by atoms with E-state index in [1.807, 2.05) is 0 Å². The van der Waals surface area contributed by atoms with Crippen molar-refractivity contribution in [2.75, 3.05) is 0 Å². The quantitative estimate of drug-likeness (QED) is 0.898. The second kappa shape index (κ2) is 6.17. The van der Waals surface area contributed by atoms with E-state index >= 15 is 0 Å². The normalized spacial score (nSPS) is 14.6. The lowest BCUT2D eigenvalue weighted by molar-refractivity contribution is 0.0435. The lowest BCUT2D eigenvalue weighted by atomic mass is 10.0. The van der Waals surface area contributed by atoms with E-state index in [1.165, 1.54) is 13.0 Å². The molecule has 2 N–H and O–H groups in total. The van der Waals surface area contributed by atoms with Gasteiger partial charge in [0.05, 0.1) is 12.1 Å².